The predicted molar refractivity (Wildman–Crippen MR) is 102 cm³/mol. The number of nitrogen functional groups attached to an aromatic ring is 1. The van der Waals surface area contributed by atoms with Crippen molar-refractivity contribution in [3.63, 3.8) is 0 Å². The number of carbonyl (C=O) groups is 1. The number of para-hydroxylation sites is 1. The van der Waals surface area contributed by atoms with E-state index >= 15 is 0 Å². The number of esters is 1. The molecule has 2 aromatic rings. The van der Waals surface area contributed by atoms with Crippen LogP contribution in [0.3, 0.4) is 0 Å². The molecule has 0 atom stereocenters. The number of hydrogen-bond acceptors (Lipinski definition) is 6. The van der Waals surface area contributed by atoms with Crippen molar-refractivity contribution in [2.24, 2.45) is 0 Å². The van der Waals surface area contributed by atoms with Crippen LogP contribution in [-0.4, -0.2) is 39.4 Å². The summed E-state index contributed by atoms with van der Waals surface area (Å²) >= 11 is 0. The van der Waals surface area contributed by atoms with E-state index in [0.717, 1.165) is 17.7 Å². The molecule has 0 spiro atoms. The molecule has 0 aromatic heterocycles. The van der Waals surface area contributed by atoms with Crippen LogP contribution in [0.2, 0.25) is 0 Å². The highest BCUT2D eigenvalue weighted by atomic mass is 16.5. The van der Waals surface area contributed by atoms with Crippen LogP contribution >= 0.6 is 0 Å². The van der Waals surface area contributed by atoms with Crippen molar-refractivity contribution in [3.8, 4) is 0 Å². The minimum atomic E-state index is -0.440. The molecule has 2 aromatic carbocycles. The Morgan fingerprint density at radius 2 is 1.77 bits per heavy atom. The van der Waals surface area contributed by atoms with E-state index in [-0.39, 0.29) is 0 Å². The van der Waals surface area contributed by atoms with E-state index in [1.165, 1.54) is 7.11 Å². The van der Waals surface area contributed by atoms with Crippen molar-refractivity contribution in [1.82, 2.24) is 0 Å². The Hall–Kier alpha value is -2.57. The number of nitrogens with two attached hydrogens (primary N) is 1. The maximum atomic E-state index is 11.6. The monoisotopic (exact) mass is 358 g/mol. The Kier molecular flexibility index (Phi) is 8.45. The number of anilines is 2. The van der Waals surface area contributed by atoms with Crippen molar-refractivity contribution in [1.29, 1.82) is 0 Å². The van der Waals surface area contributed by atoms with E-state index in [1.807, 2.05) is 36.4 Å². The zero-order valence-electron chi connectivity index (χ0n) is 15.1. The summed E-state index contributed by atoms with van der Waals surface area (Å²) in [5.41, 5.74) is 8.63. The summed E-state index contributed by atoms with van der Waals surface area (Å²) in [6, 6.07) is 15.3. The largest absolute Gasteiger partial charge is 0.465 e. The maximum absolute atomic E-state index is 11.6. The second-order valence-electron chi connectivity index (χ2n) is 5.69. The Morgan fingerprint density at radius 1 is 1.00 bits per heavy atom. The van der Waals surface area contributed by atoms with Gasteiger partial charge in [-0.2, -0.15) is 0 Å². The van der Waals surface area contributed by atoms with Crippen molar-refractivity contribution < 1.29 is 19.0 Å². The van der Waals surface area contributed by atoms with Gasteiger partial charge in [0.15, 0.2) is 0 Å². The van der Waals surface area contributed by atoms with E-state index in [0.29, 0.717) is 44.2 Å². The highest BCUT2D eigenvalue weighted by Crippen LogP contribution is 2.23. The number of ether oxygens (including phenoxy) is 3. The van der Waals surface area contributed by atoms with Crippen molar-refractivity contribution >= 4 is 17.3 Å². The molecule has 6 heteroatoms. The average Bonchev–Trinajstić information content (AvgIpc) is 2.68. The number of nitrogens with one attached hydrogen (secondary N) is 1. The molecular weight excluding hydrogens is 332 g/mol. The van der Waals surface area contributed by atoms with E-state index in [9.17, 15) is 4.79 Å². The first-order valence-corrected chi connectivity index (χ1v) is 8.62. The molecule has 0 fully saturated rings. The standard InChI is InChI=1S/C20H26N2O4/c1-24-20(23)17-9-5-10-18(19(17)21)22-11-6-12-25-13-14-26-15-16-7-3-2-4-8-16/h2-5,7-10,22H,6,11-15,21H2,1H3. The number of methoxy groups -OCH3 is 1. The Morgan fingerprint density at radius 3 is 2.54 bits per heavy atom. The minimum absolute atomic E-state index is 0.365. The van der Waals surface area contributed by atoms with Crippen LogP contribution in [0, 0.1) is 0 Å². The zero-order chi connectivity index (χ0) is 18.6. The predicted octanol–water partition coefficient (Wildman–Crippen LogP) is 3.09. The summed E-state index contributed by atoms with van der Waals surface area (Å²) in [6.07, 6.45) is 0.820. The lowest BCUT2D eigenvalue weighted by molar-refractivity contribution is 0.0405. The first-order valence-electron chi connectivity index (χ1n) is 8.62. The summed E-state index contributed by atoms with van der Waals surface area (Å²) in [6.45, 7) is 3.04. The molecule has 3 N–H and O–H groups in total. The minimum Gasteiger partial charge on any atom is -0.465 e. The first-order chi connectivity index (χ1) is 12.7. The summed E-state index contributed by atoms with van der Waals surface area (Å²) in [5.74, 6) is -0.440. The van der Waals surface area contributed by atoms with Crippen molar-refractivity contribution in [3.05, 3.63) is 59.7 Å². The molecule has 0 aliphatic rings. The highest BCUT2D eigenvalue weighted by molar-refractivity contribution is 5.98. The SMILES string of the molecule is COC(=O)c1cccc(NCCCOCCOCc2ccccc2)c1N. The molecule has 2 rings (SSSR count). The van der Waals surface area contributed by atoms with Gasteiger partial charge in [-0.15, -0.1) is 0 Å². The van der Waals surface area contributed by atoms with Gasteiger partial charge >= 0.3 is 5.97 Å². The Labute approximate surface area is 154 Å². The molecule has 0 aliphatic heterocycles. The third-order valence-corrected chi connectivity index (χ3v) is 3.78. The van der Waals surface area contributed by atoms with Crippen LogP contribution in [0.15, 0.2) is 48.5 Å². The maximum Gasteiger partial charge on any atom is 0.340 e. The second kappa shape index (κ2) is 11.1. The van der Waals surface area contributed by atoms with E-state index in [4.69, 9.17) is 19.9 Å². The summed E-state index contributed by atoms with van der Waals surface area (Å²) < 4.78 is 15.8. The van der Waals surface area contributed by atoms with Crippen molar-refractivity contribution in [2.75, 3.05) is 44.5 Å². The van der Waals surface area contributed by atoms with E-state index < -0.39 is 5.97 Å². The van der Waals surface area contributed by atoms with Crippen LogP contribution < -0.4 is 11.1 Å². The topological polar surface area (TPSA) is 82.8 Å². The molecule has 0 saturated heterocycles. The molecule has 0 aliphatic carbocycles. The van der Waals surface area contributed by atoms with Gasteiger partial charge in [0.2, 0.25) is 0 Å². The summed E-state index contributed by atoms with van der Waals surface area (Å²) in [7, 11) is 1.34. The average molecular weight is 358 g/mol. The molecule has 0 saturated carbocycles. The smallest absolute Gasteiger partial charge is 0.340 e. The molecule has 0 heterocycles. The summed E-state index contributed by atoms with van der Waals surface area (Å²) in [5, 5.41) is 3.21. The highest BCUT2D eigenvalue weighted by Gasteiger charge is 2.12. The fourth-order valence-corrected chi connectivity index (χ4v) is 2.39. The lowest BCUT2D eigenvalue weighted by Gasteiger charge is -2.12. The third-order valence-electron chi connectivity index (χ3n) is 3.78. The third kappa shape index (κ3) is 6.38. The molecule has 0 bridgehead atoms. The van der Waals surface area contributed by atoms with Gasteiger partial charge < -0.3 is 25.3 Å². The molecule has 26 heavy (non-hydrogen) atoms. The van der Waals surface area contributed by atoms with Gasteiger partial charge in [0.1, 0.15) is 0 Å². The van der Waals surface area contributed by atoms with Gasteiger partial charge in [-0.05, 0) is 24.1 Å². The van der Waals surface area contributed by atoms with E-state index in [2.05, 4.69) is 5.32 Å². The fraction of sp³-hybridized carbons (Fsp3) is 0.350. The number of benzene rings is 2. The van der Waals surface area contributed by atoms with Crippen LogP contribution in [0.1, 0.15) is 22.3 Å². The Bertz CT molecular complexity index is 677. The van der Waals surface area contributed by atoms with Gasteiger partial charge in [0.05, 0.1) is 43.9 Å². The fourth-order valence-electron chi connectivity index (χ4n) is 2.39. The normalized spacial score (nSPS) is 10.5. The van der Waals surface area contributed by atoms with Crippen LogP contribution in [-0.2, 0) is 20.8 Å². The van der Waals surface area contributed by atoms with E-state index in [1.54, 1.807) is 12.1 Å². The lowest BCUT2D eigenvalue weighted by atomic mass is 10.1. The van der Waals surface area contributed by atoms with Gasteiger partial charge in [-0.25, -0.2) is 4.79 Å². The molecule has 0 unspecified atom stereocenters. The van der Waals surface area contributed by atoms with Crippen LogP contribution in [0.25, 0.3) is 0 Å². The van der Waals surface area contributed by atoms with Gasteiger partial charge in [-0.3, -0.25) is 0 Å². The number of hydrogen-bond donors (Lipinski definition) is 2. The number of rotatable bonds is 11. The zero-order valence-corrected chi connectivity index (χ0v) is 15.1. The quantitative estimate of drug-likeness (QED) is 0.365. The molecule has 6 nitrogen and oxygen atoms in total. The van der Waals surface area contributed by atoms with Gasteiger partial charge in [0.25, 0.3) is 0 Å². The summed E-state index contributed by atoms with van der Waals surface area (Å²) in [4.78, 5) is 11.6. The molecular formula is C20H26N2O4. The van der Waals surface area contributed by atoms with Gasteiger partial charge in [-0.1, -0.05) is 36.4 Å². The molecule has 0 radical (unpaired) electrons. The Balaban J connectivity index is 1.56. The van der Waals surface area contributed by atoms with Gasteiger partial charge in [0, 0.05) is 13.2 Å². The van der Waals surface area contributed by atoms with Crippen LogP contribution in [0.5, 0.6) is 0 Å². The van der Waals surface area contributed by atoms with Crippen LogP contribution in [0.4, 0.5) is 11.4 Å². The molecule has 0 amide bonds. The van der Waals surface area contributed by atoms with Crippen molar-refractivity contribution in [2.45, 2.75) is 13.0 Å². The first kappa shape index (κ1) is 19.8. The second-order valence-corrected chi connectivity index (χ2v) is 5.69. The molecule has 140 valence electrons. The number of carbonyl (C=O) groups excluding carboxylic acids is 1. The lowest BCUT2D eigenvalue weighted by Crippen LogP contribution is -2.12.